The molecule has 0 spiro atoms. The molecule has 2 N–H and O–H groups in total. The molecule has 0 aliphatic heterocycles. The number of unbranched alkanes of at least 4 members (excludes halogenated alkanes) is 1. The summed E-state index contributed by atoms with van der Waals surface area (Å²) in [5.41, 5.74) is -1.46. The molecule has 1 aromatic rings. The van der Waals surface area contributed by atoms with Crippen molar-refractivity contribution < 1.29 is 33.8 Å². The molecule has 0 aliphatic rings. The number of nitrogens with one attached hydrogen (secondary N) is 1. The second kappa shape index (κ2) is 14.0. The maximum absolute atomic E-state index is 13.1. The normalized spacial score (nSPS) is 12.6. The van der Waals surface area contributed by atoms with Gasteiger partial charge in [-0.25, -0.2) is 4.98 Å². The van der Waals surface area contributed by atoms with Gasteiger partial charge in [-0.2, -0.15) is 0 Å². The minimum absolute atomic E-state index is 0.112. The highest BCUT2D eigenvalue weighted by Crippen LogP contribution is 2.11. The van der Waals surface area contributed by atoms with Crippen LogP contribution in [0, 0.1) is 5.92 Å². The van der Waals surface area contributed by atoms with E-state index in [9.17, 15) is 19.2 Å². The summed E-state index contributed by atoms with van der Waals surface area (Å²) in [5, 5.41) is 12.2. The van der Waals surface area contributed by atoms with Crippen LogP contribution in [-0.4, -0.2) is 74.2 Å². The fraction of sp³-hybridized carbons (Fsp3) is 0.720. The Morgan fingerprint density at radius 3 is 2.08 bits per heavy atom. The van der Waals surface area contributed by atoms with Crippen LogP contribution in [0.4, 0.5) is 0 Å². The summed E-state index contributed by atoms with van der Waals surface area (Å²) in [6.45, 7) is 12.3. The quantitative estimate of drug-likeness (QED) is 0.285. The fourth-order valence-electron chi connectivity index (χ4n) is 3.21. The number of rotatable bonds is 14. The minimum atomic E-state index is -0.790. The number of carbonyl (C=O) groups excluding carboxylic acids is 3. The summed E-state index contributed by atoms with van der Waals surface area (Å²) < 4.78 is 12.3. The molecule has 0 bridgehead atoms. The van der Waals surface area contributed by atoms with E-state index in [0.717, 1.165) is 17.7 Å². The van der Waals surface area contributed by atoms with Gasteiger partial charge in [0.05, 0.1) is 12.5 Å². The van der Waals surface area contributed by atoms with E-state index in [4.69, 9.17) is 14.6 Å². The molecule has 0 saturated heterocycles. The van der Waals surface area contributed by atoms with E-state index in [-0.39, 0.29) is 25.6 Å². The first-order chi connectivity index (χ1) is 16.6. The molecule has 36 heavy (non-hydrogen) atoms. The van der Waals surface area contributed by atoms with Gasteiger partial charge in [0.25, 0.3) is 0 Å². The predicted molar refractivity (Wildman–Crippen MR) is 133 cm³/mol. The number of esters is 2. The first-order valence-electron chi connectivity index (χ1n) is 12.2. The number of aromatic nitrogens is 2. The van der Waals surface area contributed by atoms with Crippen LogP contribution < -0.4 is 5.32 Å². The number of carboxylic acid groups (broad SMARTS) is 1. The summed E-state index contributed by atoms with van der Waals surface area (Å²) in [4.78, 5) is 54.2. The van der Waals surface area contributed by atoms with Crippen molar-refractivity contribution in [2.45, 2.75) is 92.0 Å². The van der Waals surface area contributed by atoms with Crippen LogP contribution >= 0.6 is 0 Å². The van der Waals surface area contributed by atoms with Crippen molar-refractivity contribution in [3.8, 4) is 0 Å². The Morgan fingerprint density at radius 2 is 1.58 bits per heavy atom. The fourth-order valence-corrected chi connectivity index (χ4v) is 3.21. The molecule has 1 heterocycles. The first-order valence-corrected chi connectivity index (χ1v) is 12.2. The van der Waals surface area contributed by atoms with Crippen molar-refractivity contribution in [2.75, 3.05) is 19.6 Å². The molecule has 1 rings (SSSR count). The number of amides is 1. The molecule has 204 valence electrons. The number of ether oxygens (including phenoxy) is 2. The Labute approximate surface area is 213 Å². The smallest absolute Gasteiger partial charge is 0.326 e. The van der Waals surface area contributed by atoms with Crippen LogP contribution in [0.1, 0.15) is 73.6 Å². The molecule has 11 heteroatoms. The standard InChI is InChI=1S/C25H42N4O7/c1-18(23(33)34)10-8-9-11-26-14-19-27-12-13-28(19)15-20(30)29(16-21(31)35-24(2,3)4)17-22(32)36-25(5,6)7/h12-13,18,26H,8-11,14-17H2,1-7H3,(H,33,34). The molecule has 0 aromatic carbocycles. The number of nitrogens with zero attached hydrogens (tertiary/aromatic N) is 3. The Morgan fingerprint density at radius 1 is 1.03 bits per heavy atom. The highest BCUT2D eigenvalue weighted by Gasteiger charge is 2.27. The van der Waals surface area contributed by atoms with Gasteiger partial charge in [-0.05, 0) is 60.9 Å². The van der Waals surface area contributed by atoms with Gasteiger partial charge in [0, 0.05) is 12.4 Å². The summed E-state index contributed by atoms with van der Waals surface area (Å²) >= 11 is 0. The van der Waals surface area contributed by atoms with Crippen molar-refractivity contribution in [3.63, 3.8) is 0 Å². The summed E-state index contributed by atoms with van der Waals surface area (Å²) in [5.74, 6) is -2.22. The van der Waals surface area contributed by atoms with E-state index >= 15 is 0 Å². The maximum atomic E-state index is 13.1. The lowest BCUT2D eigenvalue weighted by atomic mass is 10.0. The molecular formula is C25H42N4O7. The van der Waals surface area contributed by atoms with Crippen LogP contribution in [0.3, 0.4) is 0 Å². The number of hydrogen-bond acceptors (Lipinski definition) is 8. The molecule has 0 saturated carbocycles. The van der Waals surface area contributed by atoms with Gasteiger partial charge in [-0.1, -0.05) is 13.3 Å². The number of hydrogen-bond donors (Lipinski definition) is 2. The van der Waals surface area contributed by atoms with Crippen LogP contribution in [-0.2, 0) is 41.7 Å². The highest BCUT2D eigenvalue weighted by molar-refractivity contribution is 5.86. The molecule has 11 nitrogen and oxygen atoms in total. The van der Waals surface area contributed by atoms with Gasteiger partial charge in [0.2, 0.25) is 5.91 Å². The third-order valence-corrected chi connectivity index (χ3v) is 4.89. The summed E-state index contributed by atoms with van der Waals surface area (Å²) in [7, 11) is 0. The molecule has 0 fully saturated rings. The van der Waals surface area contributed by atoms with E-state index in [1.54, 1.807) is 65.4 Å². The van der Waals surface area contributed by atoms with Crippen LogP contribution in [0.15, 0.2) is 12.4 Å². The molecule has 1 unspecified atom stereocenters. The van der Waals surface area contributed by atoms with Crippen LogP contribution in [0.2, 0.25) is 0 Å². The molecule has 0 aliphatic carbocycles. The third-order valence-electron chi connectivity index (χ3n) is 4.89. The Balaban J connectivity index is 2.73. The molecule has 1 amide bonds. The van der Waals surface area contributed by atoms with Crippen molar-refractivity contribution in [1.29, 1.82) is 0 Å². The average Bonchev–Trinajstić information content (AvgIpc) is 3.13. The van der Waals surface area contributed by atoms with Crippen molar-refractivity contribution >= 4 is 23.8 Å². The third kappa shape index (κ3) is 13.2. The van der Waals surface area contributed by atoms with Crippen molar-refractivity contribution in [1.82, 2.24) is 19.8 Å². The largest absolute Gasteiger partial charge is 0.481 e. The van der Waals surface area contributed by atoms with Gasteiger partial charge in [0.1, 0.15) is 36.7 Å². The van der Waals surface area contributed by atoms with E-state index < -0.39 is 35.0 Å². The van der Waals surface area contributed by atoms with Gasteiger partial charge in [-0.15, -0.1) is 0 Å². The average molecular weight is 511 g/mol. The van der Waals surface area contributed by atoms with Crippen LogP contribution in [0.5, 0.6) is 0 Å². The molecule has 1 aromatic heterocycles. The molecular weight excluding hydrogens is 468 g/mol. The van der Waals surface area contributed by atoms with E-state index in [0.29, 0.717) is 25.3 Å². The lowest BCUT2D eigenvalue weighted by Crippen LogP contribution is -2.44. The van der Waals surface area contributed by atoms with Gasteiger partial charge in [0.15, 0.2) is 0 Å². The van der Waals surface area contributed by atoms with Gasteiger partial charge in [-0.3, -0.25) is 19.2 Å². The second-order valence-electron chi connectivity index (χ2n) is 10.8. The first kappa shape index (κ1) is 31.1. The van der Waals surface area contributed by atoms with Crippen molar-refractivity contribution in [3.05, 3.63) is 18.2 Å². The number of aliphatic carboxylic acids is 1. The SMILES string of the molecule is CC(CCCCNCc1nccn1CC(=O)N(CC(=O)OC(C)(C)C)CC(=O)OC(C)(C)C)C(=O)O. The number of imidazole rings is 1. The lowest BCUT2D eigenvalue weighted by molar-refractivity contribution is -0.164. The zero-order chi connectivity index (χ0) is 27.5. The van der Waals surface area contributed by atoms with E-state index in [1.165, 1.54) is 0 Å². The number of carboxylic acids is 1. The Bertz CT molecular complexity index is 854. The predicted octanol–water partition coefficient (Wildman–Crippen LogP) is 2.38. The summed E-state index contributed by atoms with van der Waals surface area (Å²) in [6, 6.07) is 0. The van der Waals surface area contributed by atoms with Gasteiger partial charge < -0.3 is 29.4 Å². The Kier molecular flexibility index (Phi) is 12.1. The monoisotopic (exact) mass is 510 g/mol. The summed E-state index contributed by atoms with van der Waals surface area (Å²) in [6.07, 6.45) is 5.45. The van der Waals surface area contributed by atoms with Gasteiger partial charge >= 0.3 is 17.9 Å². The highest BCUT2D eigenvalue weighted by atomic mass is 16.6. The Hall–Kier alpha value is -2.95. The second-order valence-corrected chi connectivity index (χ2v) is 10.8. The number of carbonyl (C=O) groups is 4. The van der Waals surface area contributed by atoms with E-state index in [1.807, 2.05) is 0 Å². The molecule has 1 atom stereocenters. The zero-order valence-corrected chi connectivity index (χ0v) is 22.6. The molecule has 0 radical (unpaired) electrons. The zero-order valence-electron chi connectivity index (χ0n) is 22.6. The van der Waals surface area contributed by atoms with Crippen molar-refractivity contribution in [2.24, 2.45) is 5.92 Å². The van der Waals surface area contributed by atoms with Crippen LogP contribution in [0.25, 0.3) is 0 Å². The van der Waals surface area contributed by atoms with E-state index in [2.05, 4.69) is 10.3 Å². The minimum Gasteiger partial charge on any atom is -0.481 e. The maximum Gasteiger partial charge on any atom is 0.326 e. The lowest BCUT2D eigenvalue weighted by Gasteiger charge is -2.26. The topological polar surface area (TPSA) is 140 Å².